The monoisotopic (exact) mass is 274 g/mol. The first-order chi connectivity index (χ1) is 7.25. The van der Waals surface area contributed by atoms with Crippen LogP contribution in [0.3, 0.4) is 0 Å². The first-order valence-electron chi connectivity index (χ1n) is 4.92. The minimum atomic E-state index is -0.345. The van der Waals surface area contributed by atoms with Crippen molar-refractivity contribution in [3.8, 4) is 0 Å². The van der Waals surface area contributed by atoms with E-state index in [-0.39, 0.29) is 17.7 Å². The highest BCUT2D eigenvalue weighted by molar-refractivity contribution is 9.10. The minimum absolute atomic E-state index is 0.190. The van der Waals surface area contributed by atoms with Crippen molar-refractivity contribution in [2.75, 3.05) is 18.5 Å². The van der Waals surface area contributed by atoms with Crippen molar-refractivity contribution in [3.63, 3.8) is 0 Å². The van der Waals surface area contributed by atoms with Crippen molar-refractivity contribution < 1.29 is 9.13 Å². The van der Waals surface area contributed by atoms with Crippen LogP contribution in [0, 0.1) is 5.82 Å². The lowest BCUT2D eigenvalue weighted by atomic mass is 10.2. The summed E-state index contributed by atoms with van der Waals surface area (Å²) < 4.78 is 19.4. The second-order valence-electron chi connectivity index (χ2n) is 3.50. The van der Waals surface area contributed by atoms with Gasteiger partial charge in [0.25, 0.3) is 0 Å². The second kappa shape index (κ2) is 4.90. The Morgan fingerprint density at radius 3 is 3.20 bits per heavy atom. The number of rotatable bonds is 3. The lowest BCUT2D eigenvalue weighted by Crippen LogP contribution is -2.19. The molecule has 1 fully saturated rings. The number of anilines is 1. The molecule has 5 heteroatoms. The van der Waals surface area contributed by atoms with Crippen LogP contribution in [-0.2, 0) is 4.74 Å². The zero-order valence-electron chi connectivity index (χ0n) is 8.17. The third-order valence-corrected chi connectivity index (χ3v) is 2.76. The highest BCUT2D eigenvalue weighted by Crippen LogP contribution is 2.17. The van der Waals surface area contributed by atoms with Gasteiger partial charge in [0.05, 0.1) is 6.10 Å². The molecule has 0 aliphatic carbocycles. The maximum absolute atomic E-state index is 13.3. The Hall–Kier alpha value is -0.680. The molecule has 82 valence electrons. The van der Waals surface area contributed by atoms with Crippen LogP contribution < -0.4 is 5.32 Å². The molecular formula is C10H12BrFN2O. The molecule has 15 heavy (non-hydrogen) atoms. The number of halogens is 2. The van der Waals surface area contributed by atoms with Crippen LogP contribution >= 0.6 is 15.9 Å². The third-order valence-electron chi connectivity index (χ3n) is 2.33. The van der Waals surface area contributed by atoms with E-state index in [2.05, 4.69) is 26.2 Å². The van der Waals surface area contributed by atoms with Gasteiger partial charge in [0.2, 0.25) is 0 Å². The Morgan fingerprint density at radius 1 is 1.67 bits per heavy atom. The van der Waals surface area contributed by atoms with Crippen LogP contribution in [-0.4, -0.2) is 24.2 Å². The van der Waals surface area contributed by atoms with E-state index in [4.69, 9.17) is 4.74 Å². The fourth-order valence-electron chi connectivity index (χ4n) is 1.56. The first kappa shape index (κ1) is 10.8. The van der Waals surface area contributed by atoms with E-state index in [1.54, 1.807) is 6.20 Å². The van der Waals surface area contributed by atoms with E-state index in [1.165, 1.54) is 6.07 Å². The Kier molecular flexibility index (Phi) is 3.53. The molecule has 1 aromatic rings. The van der Waals surface area contributed by atoms with Crippen molar-refractivity contribution >= 4 is 21.7 Å². The summed E-state index contributed by atoms with van der Waals surface area (Å²) in [6.45, 7) is 1.42. The van der Waals surface area contributed by atoms with Crippen LogP contribution in [0.1, 0.15) is 12.8 Å². The van der Waals surface area contributed by atoms with Gasteiger partial charge in [-0.1, -0.05) is 0 Å². The summed E-state index contributed by atoms with van der Waals surface area (Å²) in [5.41, 5.74) is 0. The number of nitrogens with zero attached hydrogens (tertiary/aromatic N) is 1. The topological polar surface area (TPSA) is 34.2 Å². The average molecular weight is 275 g/mol. The fourth-order valence-corrected chi connectivity index (χ4v) is 1.86. The number of hydrogen-bond donors (Lipinski definition) is 1. The second-order valence-corrected chi connectivity index (χ2v) is 4.42. The zero-order valence-corrected chi connectivity index (χ0v) is 9.76. The summed E-state index contributed by atoms with van der Waals surface area (Å²) in [6, 6.07) is 1.39. The number of nitrogens with one attached hydrogen (secondary N) is 1. The van der Waals surface area contributed by atoms with Gasteiger partial charge in [0, 0.05) is 23.8 Å². The van der Waals surface area contributed by atoms with Gasteiger partial charge in [-0.15, -0.1) is 0 Å². The quantitative estimate of drug-likeness (QED) is 0.920. The minimum Gasteiger partial charge on any atom is -0.376 e. The van der Waals surface area contributed by atoms with Crippen molar-refractivity contribution in [3.05, 3.63) is 22.6 Å². The van der Waals surface area contributed by atoms with Crippen LogP contribution in [0.4, 0.5) is 10.2 Å². The summed E-state index contributed by atoms with van der Waals surface area (Å²) in [5.74, 6) is -0.0592. The zero-order chi connectivity index (χ0) is 10.7. The Bertz CT molecular complexity index is 342. The first-order valence-corrected chi connectivity index (χ1v) is 5.71. The van der Waals surface area contributed by atoms with E-state index in [1.807, 2.05) is 0 Å². The van der Waals surface area contributed by atoms with Gasteiger partial charge in [-0.25, -0.2) is 9.37 Å². The number of pyridine rings is 1. The highest BCUT2D eigenvalue weighted by Gasteiger charge is 2.15. The van der Waals surface area contributed by atoms with Gasteiger partial charge in [0.1, 0.15) is 0 Å². The van der Waals surface area contributed by atoms with Gasteiger partial charge < -0.3 is 10.1 Å². The molecular weight excluding hydrogens is 263 g/mol. The molecule has 0 spiro atoms. The summed E-state index contributed by atoms with van der Waals surface area (Å²) in [7, 11) is 0. The molecule has 3 nitrogen and oxygen atoms in total. The summed E-state index contributed by atoms with van der Waals surface area (Å²) in [4.78, 5) is 3.95. The smallest absolute Gasteiger partial charge is 0.166 e. The molecule has 1 N–H and O–H groups in total. The maximum Gasteiger partial charge on any atom is 0.166 e. The van der Waals surface area contributed by atoms with Crippen molar-refractivity contribution in [2.45, 2.75) is 18.9 Å². The van der Waals surface area contributed by atoms with Gasteiger partial charge in [0.15, 0.2) is 11.6 Å². The third kappa shape index (κ3) is 2.89. The fraction of sp³-hybridized carbons (Fsp3) is 0.500. The van der Waals surface area contributed by atoms with E-state index >= 15 is 0 Å². The van der Waals surface area contributed by atoms with Gasteiger partial charge in [-0.2, -0.15) is 0 Å². The van der Waals surface area contributed by atoms with Gasteiger partial charge in [-0.3, -0.25) is 0 Å². The van der Waals surface area contributed by atoms with E-state index < -0.39 is 0 Å². The Balaban J connectivity index is 1.92. The van der Waals surface area contributed by atoms with Crippen molar-refractivity contribution in [1.29, 1.82) is 0 Å². The van der Waals surface area contributed by atoms with Crippen LogP contribution in [0.2, 0.25) is 0 Å². The predicted molar refractivity (Wildman–Crippen MR) is 59.4 cm³/mol. The largest absolute Gasteiger partial charge is 0.376 e. The lowest BCUT2D eigenvalue weighted by molar-refractivity contribution is 0.120. The molecule has 1 unspecified atom stereocenters. The van der Waals surface area contributed by atoms with Crippen molar-refractivity contribution in [1.82, 2.24) is 4.98 Å². The Labute approximate surface area is 96.2 Å². The van der Waals surface area contributed by atoms with Crippen LogP contribution in [0.25, 0.3) is 0 Å². The molecule has 1 saturated heterocycles. The van der Waals surface area contributed by atoms with E-state index in [9.17, 15) is 4.39 Å². The number of hydrogen-bond acceptors (Lipinski definition) is 3. The van der Waals surface area contributed by atoms with Gasteiger partial charge >= 0.3 is 0 Å². The summed E-state index contributed by atoms with van der Waals surface area (Å²) in [5, 5.41) is 2.95. The number of aromatic nitrogens is 1. The Morgan fingerprint density at radius 2 is 2.53 bits per heavy atom. The standard InChI is InChI=1S/C10H12BrFN2O/c11-7-4-9(12)10(13-5-7)14-6-8-2-1-3-15-8/h4-5,8H,1-3,6H2,(H,13,14). The molecule has 1 aliphatic rings. The van der Waals surface area contributed by atoms with Crippen LogP contribution in [0.5, 0.6) is 0 Å². The average Bonchev–Trinajstić information content (AvgIpc) is 2.69. The highest BCUT2D eigenvalue weighted by atomic mass is 79.9. The predicted octanol–water partition coefficient (Wildman–Crippen LogP) is 2.57. The van der Waals surface area contributed by atoms with Crippen LogP contribution in [0.15, 0.2) is 16.7 Å². The summed E-state index contributed by atoms with van der Waals surface area (Å²) in [6.07, 6.45) is 3.88. The molecule has 0 saturated carbocycles. The number of ether oxygens (including phenoxy) is 1. The van der Waals surface area contributed by atoms with E-state index in [0.717, 1.165) is 19.4 Å². The molecule has 2 heterocycles. The molecule has 0 aromatic carbocycles. The summed E-state index contributed by atoms with van der Waals surface area (Å²) >= 11 is 3.16. The lowest BCUT2D eigenvalue weighted by Gasteiger charge is -2.11. The van der Waals surface area contributed by atoms with E-state index in [0.29, 0.717) is 11.0 Å². The molecule has 0 bridgehead atoms. The molecule has 0 radical (unpaired) electrons. The van der Waals surface area contributed by atoms with Gasteiger partial charge in [-0.05, 0) is 34.8 Å². The molecule has 0 amide bonds. The molecule has 1 aromatic heterocycles. The van der Waals surface area contributed by atoms with Crippen molar-refractivity contribution in [2.24, 2.45) is 0 Å². The maximum atomic E-state index is 13.3. The molecule has 1 atom stereocenters. The molecule has 1 aliphatic heterocycles. The normalized spacial score (nSPS) is 20.5. The SMILES string of the molecule is Fc1cc(Br)cnc1NCC1CCCO1. The molecule has 2 rings (SSSR count).